The van der Waals surface area contributed by atoms with Crippen molar-refractivity contribution in [3.8, 4) is 0 Å². The molecule has 1 saturated heterocycles. The SMILES string of the molecule is C[Si](C)(C)[C]1([Si](C)(C)C)CC[C]([Si](C)(C)C)([Si](C)(C)C)[Al]1. The number of rotatable bonds is 4. The molecule has 0 aromatic heterocycles. The number of hydrogen-bond donors (Lipinski definition) is 0. The Hall–Kier alpha value is 1.40. The topological polar surface area (TPSA) is 0 Å². The average Bonchev–Trinajstić information content (AvgIpc) is 2.54. The van der Waals surface area contributed by atoms with Crippen LogP contribution in [0.15, 0.2) is 0 Å². The van der Waals surface area contributed by atoms with Crippen LogP contribution in [0.4, 0.5) is 0 Å². The Bertz CT molecular complexity index is 324. The highest BCUT2D eigenvalue weighted by Crippen LogP contribution is 2.66. The van der Waals surface area contributed by atoms with Gasteiger partial charge in [-0.1, -0.05) is 98.5 Å². The first-order valence-corrected chi connectivity index (χ1v) is 23.9. The average molecular weight is 372 g/mol. The van der Waals surface area contributed by atoms with Crippen LogP contribution >= 0.6 is 0 Å². The summed E-state index contributed by atoms with van der Waals surface area (Å²) in [7, 11) is -4.45. The van der Waals surface area contributed by atoms with Gasteiger partial charge in [0.15, 0.2) is 0 Å². The van der Waals surface area contributed by atoms with Crippen molar-refractivity contribution in [3.05, 3.63) is 0 Å². The molecule has 0 unspecified atom stereocenters. The minimum Gasteiger partial charge on any atom is -0.0891 e. The summed E-state index contributed by atoms with van der Waals surface area (Å²) in [6, 6.07) is 0. The van der Waals surface area contributed by atoms with Crippen LogP contribution in [-0.4, -0.2) is 47.5 Å². The second-order valence-electron chi connectivity index (χ2n) is 11.6. The maximum atomic E-state index is 2.70. The van der Waals surface area contributed by atoms with Gasteiger partial charge in [0.1, 0.15) is 0 Å². The summed E-state index contributed by atoms with van der Waals surface area (Å²) in [6.45, 7) is 32.4. The number of hydrogen-bond acceptors (Lipinski definition) is 0. The highest BCUT2D eigenvalue weighted by atomic mass is 28.4. The van der Waals surface area contributed by atoms with E-state index in [2.05, 4.69) is 78.6 Å². The molecule has 21 heavy (non-hydrogen) atoms. The van der Waals surface area contributed by atoms with E-state index in [1.165, 1.54) is 0 Å². The molecule has 0 aliphatic carbocycles. The molecular weight excluding hydrogens is 332 g/mol. The first kappa shape index (κ1) is 20.4. The van der Waals surface area contributed by atoms with Gasteiger partial charge in [0.25, 0.3) is 0 Å². The van der Waals surface area contributed by atoms with E-state index in [4.69, 9.17) is 0 Å². The maximum Gasteiger partial charge on any atom is 0.203 e. The van der Waals surface area contributed by atoms with E-state index < -0.39 is 32.3 Å². The van der Waals surface area contributed by atoms with E-state index in [0.29, 0.717) is 15.2 Å². The van der Waals surface area contributed by atoms with Gasteiger partial charge < -0.3 is 0 Å². The standard InChI is InChI=1S/C16H40Si4.Al/c1-17(2,3)15(18(4,5)6)13-14-16(19(7,8)9)20(10,11)12;/h13-14H2,1-12H3;. The van der Waals surface area contributed by atoms with Gasteiger partial charge in [-0.3, -0.25) is 0 Å². The monoisotopic (exact) mass is 371 g/mol. The summed E-state index contributed by atoms with van der Waals surface area (Å²) in [4.78, 5) is 0. The third-order valence-corrected chi connectivity index (χ3v) is 41.2. The predicted molar refractivity (Wildman–Crippen MR) is 114 cm³/mol. The Kier molecular flexibility index (Phi) is 5.31. The molecule has 0 amide bonds. The Morgan fingerprint density at radius 1 is 0.476 bits per heavy atom. The van der Waals surface area contributed by atoms with Gasteiger partial charge in [0.2, 0.25) is 15.2 Å². The second-order valence-corrected chi connectivity index (χ2v) is 38.7. The molecule has 1 radical (unpaired) electrons. The molecule has 0 saturated carbocycles. The first-order chi connectivity index (χ1) is 8.91. The zero-order chi connectivity index (χ0) is 17.1. The molecule has 0 N–H and O–H groups in total. The maximum absolute atomic E-state index is 2.70. The van der Waals surface area contributed by atoms with Crippen molar-refractivity contribution in [2.24, 2.45) is 0 Å². The largest absolute Gasteiger partial charge is 0.203 e. The van der Waals surface area contributed by atoms with Crippen LogP contribution in [0, 0.1) is 0 Å². The zero-order valence-corrected chi connectivity index (χ0v) is 22.1. The lowest BCUT2D eigenvalue weighted by Gasteiger charge is -2.55. The Morgan fingerprint density at radius 2 is 0.667 bits per heavy atom. The fourth-order valence-electron chi connectivity index (χ4n) is 5.58. The highest BCUT2D eigenvalue weighted by molar-refractivity contribution is 7.16. The molecule has 5 heteroatoms. The molecular formula is C16H40AlSi4. The molecule has 0 bridgehead atoms. The Morgan fingerprint density at radius 3 is 0.762 bits per heavy atom. The molecule has 1 fully saturated rings. The summed E-state index contributed by atoms with van der Waals surface area (Å²) < 4.78 is 1.70. The quantitative estimate of drug-likeness (QED) is 0.508. The third-order valence-electron chi connectivity index (χ3n) is 6.76. The third kappa shape index (κ3) is 3.17. The van der Waals surface area contributed by atoms with Gasteiger partial charge in [-0.15, -0.1) is 0 Å². The molecule has 0 spiro atoms. The zero-order valence-electron chi connectivity index (χ0n) is 17.0. The summed E-state index contributed by atoms with van der Waals surface area (Å²) >= 11 is 0.636. The van der Waals surface area contributed by atoms with Gasteiger partial charge in [-0.2, -0.15) is 0 Å². The van der Waals surface area contributed by atoms with E-state index in [-0.39, 0.29) is 0 Å². The van der Waals surface area contributed by atoms with E-state index in [9.17, 15) is 0 Å². The molecule has 1 rings (SSSR count). The molecule has 0 aromatic rings. The van der Waals surface area contributed by atoms with Crippen LogP contribution in [0.25, 0.3) is 0 Å². The van der Waals surface area contributed by atoms with Crippen molar-refractivity contribution < 1.29 is 0 Å². The summed E-state index contributed by atoms with van der Waals surface area (Å²) in [5.41, 5.74) is 0. The normalized spacial score (nSPS) is 23.0. The predicted octanol–water partition coefficient (Wildman–Crippen LogP) is 6.31. The van der Waals surface area contributed by atoms with Crippen molar-refractivity contribution in [1.82, 2.24) is 0 Å². The van der Waals surface area contributed by atoms with Gasteiger partial charge in [-0.05, 0) is 0 Å². The molecule has 0 aromatic carbocycles. The lowest BCUT2D eigenvalue weighted by atomic mass is 10.4. The summed E-state index contributed by atoms with van der Waals surface area (Å²) in [6.07, 6.45) is 3.20. The fourth-order valence-corrected chi connectivity index (χ4v) is 40.1. The summed E-state index contributed by atoms with van der Waals surface area (Å²) in [5, 5.41) is 0. The van der Waals surface area contributed by atoms with Crippen molar-refractivity contribution in [1.29, 1.82) is 0 Å². The van der Waals surface area contributed by atoms with Crippen LogP contribution in [0.1, 0.15) is 12.8 Å². The first-order valence-electron chi connectivity index (χ1n) is 8.78. The Balaban J connectivity index is 3.49. The second kappa shape index (κ2) is 5.46. The van der Waals surface area contributed by atoms with E-state index in [0.717, 1.165) is 7.05 Å². The minimum atomic E-state index is -1.11. The van der Waals surface area contributed by atoms with Crippen LogP contribution in [0.2, 0.25) is 85.6 Å². The van der Waals surface area contributed by atoms with Gasteiger partial charge in [0.05, 0.1) is 0 Å². The molecule has 123 valence electrons. The van der Waals surface area contributed by atoms with E-state index >= 15 is 0 Å². The smallest absolute Gasteiger partial charge is 0.0891 e. The highest BCUT2D eigenvalue weighted by Gasteiger charge is 2.66. The summed E-state index contributed by atoms with van der Waals surface area (Å²) in [5.74, 6) is 0. The van der Waals surface area contributed by atoms with Crippen molar-refractivity contribution >= 4 is 47.5 Å². The molecule has 1 aliphatic heterocycles. The van der Waals surface area contributed by atoms with Crippen LogP contribution in [0.5, 0.6) is 0 Å². The minimum absolute atomic E-state index is 0.636. The van der Waals surface area contributed by atoms with Crippen LogP contribution < -0.4 is 0 Å². The Labute approximate surface area is 145 Å². The van der Waals surface area contributed by atoms with Crippen molar-refractivity contribution in [3.63, 3.8) is 0 Å². The van der Waals surface area contributed by atoms with E-state index in [1.807, 2.05) is 0 Å². The molecule has 1 heterocycles. The van der Waals surface area contributed by atoms with Crippen molar-refractivity contribution in [2.45, 2.75) is 98.5 Å². The molecule has 0 atom stereocenters. The lowest BCUT2D eigenvalue weighted by molar-refractivity contribution is 0.763. The van der Waals surface area contributed by atoms with Crippen LogP contribution in [-0.2, 0) is 0 Å². The van der Waals surface area contributed by atoms with Crippen LogP contribution in [0.3, 0.4) is 0 Å². The fraction of sp³-hybridized carbons (Fsp3) is 1.00. The lowest BCUT2D eigenvalue weighted by Crippen LogP contribution is -2.62. The van der Waals surface area contributed by atoms with Gasteiger partial charge in [0, 0.05) is 32.3 Å². The molecule has 0 nitrogen and oxygen atoms in total. The van der Waals surface area contributed by atoms with Gasteiger partial charge in [-0.25, -0.2) is 0 Å². The van der Waals surface area contributed by atoms with E-state index in [1.54, 1.807) is 12.8 Å². The van der Waals surface area contributed by atoms with Crippen molar-refractivity contribution in [2.75, 3.05) is 0 Å². The molecule has 1 aliphatic rings. The van der Waals surface area contributed by atoms with Gasteiger partial charge >= 0.3 is 0 Å².